The van der Waals surface area contributed by atoms with E-state index in [0.29, 0.717) is 17.8 Å². The molecule has 2 rings (SSSR count). The third-order valence-corrected chi connectivity index (χ3v) is 2.98. The number of amides is 2. The summed E-state index contributed by atoms with van der Waals surface area (Å²) in [6.45, 7) is 5.36. The monoisotopic (exact) mass is 312 g/mol. The molecule has 23 heavy (non-hydrogen) atoms. The Balaban J connectivity index is 2.26. The Morgan fingerprint density at radius 2 is 1.70 bits per heavy atom. The van der Waals surface area contributed by atoms with Gasteiger partial charge in [-0.15, -0.1) is 0 Å². The quantitative estimate of drug-likeness (QED) is 0.828. The van der Waals surface area contributed by atoms with Crippen molar-refractivity contribution in [1.29, 1.82) is 0 Å². The zero-order valence-corrected chi connectivity index (χ0v) is 13.4. The van der Waals surface area contributed by atoms with Crippen LogP contribution in [-0.2, 0) is 9.53 Å². The zero-order valence-electron chi connectivity index (χ0n) is 13.4. The van der Waals surface area contributed by atoms with Crippen LogP contribution >= 0.6 is 0 Å². The van der Waals surface area contributed by atoms with Crippen LogP contribution in [0.1, 0.15) is 20.8 Å². The van der Waals surface area contributed by atoms with E-state index >= 15 is 0 Å². The summed E-state index contributed by atoms with van der Waals surface area (Å²) in [6, 6.07) is 15.2. The molecule has 0 aromatic heterocycles. The van der Waals surface area contributed by atoms with Crippen LogP contribution in [0.4, 0.5) is 16.2 Å². The average molecular weight is 312 g/mol. The molecule has 5 heteroatoms. The highest BCUT2D eigenvalue weighted by atomic mass is 16.6. The fourth-order valence-corrected chi connectivity index (χ4v) is 2.06. The van der Waals surface area contributed by atoms with Gasteiger partial charge in [-0.2, -0.15) is 0 Å². The van der Waals surface area contributed by atoms with Crippen molar-refractivity contribution in [3.05, 3.63) is 48.5 Å². The van der Waals surface area contributed by atoms with Crippen LogP contribution in [0, 0.1) is 0 Å². The summed E-state index contributed by atoms with van der Waals surface area (Å²) >= 11 is 0. The van der Waals surface area contributed by atoms with E-state index in [9.17, 15) is 9.59 Å². The van der Waals surface area contributed by atoms with Gasteiger partial charge < -0.3 is 10.1 Å². The van der Waals surface area contributed by atoms with Crippen molar-refractivity contribution >= 4 is 23.9 Å². The van der Waals surface area contributed by atoms with Crippen molar-refractivity contribution < 1.29 is 14.3 Å². The lowest BCUT2D eigenvalue weighted by atomic mass is 10.0. The van der Waals surface area contributed by atoms with E-state index in [4.69, 9.17) is 4.74 Å². The second-order valence-corrected chi connectivity index (χ2v) is 6.02. The number of nitrogens with one attached hydrogen (secondary N) is 2. The minimum atomic E-state index is -0.591. The Morgan fingerprint density at radius 1 is 1.00 bits per heavy atom. The van der Waals surface area contributed by atoms with Gasteiger partial charge in [0.2, 0.25) is 6.41 Å². The van der Waals surface area contributed by atoms with Gasteiger partial charge in [0.05, 0.1) is 11.4 Å². The van der Waals surface area contributed by atoms with E-state index < -0.39 is 11.7 Å². The van der Waals surface area contributed by atoms with Gasteiger partial charge in [0, 0.05) is 0 Å². The van der Waals surface area contributed by atoms with Gasteiger partial charge in [0.1, 0.15) is 5.60 Å². The SMILES string of the molecule is CC(C)(C)OC(=O)Nc1ccc(-c2ccccc2)cc1NC=O. The summed E-state index contributed by atoms with van der Waals surface area (Å²) in [5.74, 6) is 0. The second-order valence-electron chi connectivity index (χ2n) is 6.02. The van der Waals surface area contributed by atoms with Crippen molar-refractivity contribution in [1.82, 2.24) is 0 Å². The molecule has 0 radical (unpaired) electrons. The van der Waals surface area contributed by atoms with Gasteiger partial charge in [0.25, 0.3) is 0 Å². The van der Waals surface area contributed by atoms with Crippen LogP contribution in [0.25, 0.3) is 11.1 Å². The summed E-state index contributed by atoms with van der Waals surface area (Å²) in [5.41, 5.74) is 2.35. The third-order valence-electron chi connectivity index (χ3n) is 2.98. The van der Waals surface area contributed by atoms with Gasteiger partial charge in [-0.25, -0.2) is 4.79 Å². The van der Waals surface area contributed by atoms with Crippen molar-refractivity contribution in [2.24, 2.45) is 0 Å². The molecule has 0 unspecified atom stereocenters. The maximum Gasteiger partial charge on any atom is 0.412 e. The Bertz CT molecular complexity index is 691. The van der Waals surface area contributed by atoms with Gasteiger partial charge in [-0.1, -0.05) is 36.4 Å². The molecule has 0 aliphatic rings. The van der Waals surface area contributed by atoms with Gasteiger partial charge in [-0.3, -0.25) is 10.1 Å². The lowest BCUT2D eigenvalue weighted by Gasteiger charge is -2.20. The Morgan fingerprint density at radius 3 is 2.30 bits per heavy atom. The third kappa shape index (κ3) is 4.85. The van der Waals surface area contributed by atoms with Crippen LogP contribution in [0.5, 0.6) is 0 Å². The van der Waals surface area contributed by atoms with Crippen LogP contribution in [0.3, 0.4) is 0 Å². The number of carbonyl (C=O) groups excluding carboxylic acids is 2. The first-order chi connectivity index (χ1) is 10.9. The molecule has 2 N–H and O–H groups in total. The van der Waals surface area contributed by atoms with Crippen LogP contribution in [-0.4, -0.2) is 18.1 Å². The second kappa shape index (κ2) is 6.96. The number of carbonyl (C=O) groups is 2. The molecular formula is C18H20N2O3. The molecule has 0 saturated carbocycles. The number of anilines is 2. The summed E-state index contributed by atoms with van der Waals surface area (Å²) < 4.78 is 5.22. The molecule has 2 amide bonds. The lowest BCUT2D eigenvalue weighted by Crippen LogP contribution is -2.27. The molecule has 2 aromatic rings. The summed E-state index contributed by atoms with van der Waals surface area (Å²) in [7, 11) is 0. The number of rotatable bonds is 4. The van der Waals surface area contributed by atoms with Gasteiger partial charge in [-0.05, 0) is 44.0 Å². The van der Waals surface area contributed by atoms with E-state index in [1.54, 1.807) is 32.9 Å². The van der Waals surface area contributed by atoms with E-state index in [2.05, 4.69) is 10.6 Å². The lowest BCUT2D eigenvalue weighted by molar-refractivity contribution is -0.105. The molecule has 0 spiro atoms. The molecule has 0 aliphatic heterocycles. The predicted octanol–water partition coefficient (Wildman–Crippen LogP) is 4.27. The summed E-state index contributed by atoms with van der Waals surface area (Å²) in [6.07, 6.45) is 0.00333. The highest BCUT2D eigenvalue weighted by Gasteiger charge is 2.17. The fraction of sp³-hybridized carbons (Fsp3) is 0.222. The number of hydrogen-bond acceptors (Lipinski definition) is 3. The van der Waals surface area contributed by atoms with Crippen molar-refractivity contribution in [2.75, 3.05) is 10.6 Å². The smallest absolute Gasteiger partial charge is 0.412 e. The van der Waals surface area contributed by atoms with Crippen LogP contribution in [0.2, 0.25) is 0 Å². The molecule has 5 nitrogen and oxygen atoms in total. The maximum absolute atomic E-state index is 11.9. The molecule has 0 heterocycles. The predicted molar refractivity (Wildman–Crippen MR) is 91.4 cm³/mol. The first-order valence-corrected chi connectivity index (χ1v) is 7.29. The Hall–Kier alpha value is -2.82. The van der Waals surface area contributed by atoms with Gasteiger partial charge in [0.15, 0.2) is 0 Å². The topological polar surface area (TPSA) is 67.4 Å². The van der Waals surface area contributed by atoms with E-state index in [1.165, 1.54) is 0 Å². The fourth-order valence-electron chi connectivity index (χ4n) is 2.06. The maximum atomic E-state index is 11.9. The molecule has 0 fully saturated rings. The Labute approximate surface area is 135 Å². The van der Waals surface area contributed by atoms with Crippen LogP contribution in [0.15, 0.2) is 48.5 Å². The molecule has 0 saturated heterocycles. The number of ether oxygens (including phenoxy) is 1. The van der Waals surface area contributed by atoms with E-state index in [-0.39, 0.29) is 0 Å². The summed E-state index contributed by atoms with van der Waals surface area (Å²) in [5, 5.41) is 5.25. The first kappa shape index (κ1) is 16.5. The normalized spacial score (nSPS) is 10.7. The number of benzene rings is 2. The minimum Gasteiger partial charge on any atom is -0.444 e. The van der Waals surface area contributed by atoms with E-state index in [0.717, 1.165) is 11.1 Å². The molecule has 0 bridgehead atoms. The zero-order chi connectivity index (χ0) is 16.9. The van der Waals surface area contributed by atoms with Crippen molar-refractivity contribution in [3.8, 4) is 11.1 Å². The Kier molecular flexibility index (Phi) is 5.01. The molecule has 120 valence electrons. The average Bonchev–Trinajstić information content (AvgIpc) is 2.48. The molecule has 0 aliphatic carbocycles. The van der Waals surface area contributed by atoms with Crippen molar-refractivity contribution in [2.45, 2.75) is 26.4 Å². The first-order valence-electron chi connectivity index (χ1n) is 7.29. The van der Waals surface area contributed by atoms with Gasteiger partial charge >= 0.3 is 6.09 Å². The highest BCUT2D eigenvalue weighted by molar-refractivity contribution is 5.93. The highest BCUT2D eigenvalue weighted by Crippen LogP contribution is 2.29. The number of hydrogen-bond donors (Lipinski definition) is 2. The molecule has 0 atom stereocenters. The molecular weight excluding hydrogens is 292 g/mol. The standard InChI is InChI=1S/C18H20N2O3/c1-18(2,3)23-17(22)20-15-10-9-14(11-16(15)19-12-21)13-7-5-4-6-8-13/h4-12H,1-3H3,(H,19,21)(H,20,22). The summed E-state index contributed by atoms with van der Waals surface area (Å²) in [4.78, 5) is 22.7. The largest absolute Gasteiger partial charge is 0.444 e. The molecule has 2 aromatic carbocycles. The van der Waals surface area contributed by atoms with Crippen LogP contribution < -0.4 is 10.6 Å². The minimum absolute atomic E-state index is 0.478. The van der Waals surface area contributed by atoms with E-state index in [1.807, 2.05) is 36.4 Å². The van der Waals surface area contributed by atoms with Crippen molar-refractivity contribution in [3.63, 3.8) is 0 Å².